The van der Waals surface area contributed by atoms with E-state index >= 15 is 0 Å². The summed E-state index contributed by atoms with van der Waals surface area (Å²) in [6, 6.07) is 10.5. The Kier molecular flexibility index (Phi) is 8.09. The van der Waals surface area contributed by atoms with Gasteiger partial charge in [0.1, 0.15) is 0 Å². The number of benzene rings is 2. The highest BCUT2D eigenvalue weighted by Crippen LogP contribution is 2.47. The maximum Gasteiger partial charge on any atom is 0.337 e. The van der Waals surface area contributed by atoms with Gasteiger partial charge in [-0.15, -0.1) is 0 Å². The van der Waals surface area contributed by atoms with E-state index in [1.54, 1.807) is 47.1 Å². The molecule has 0 spiro atoms. The van der Waals surface area contributed by atoms with Crippen molar-refractivity contribution in [3.63, 3.8) is 0 Å². The highest BCUT2D eigenvalue weighted by Gasteiger charge is 2.42. The van der Waals surface area contributed by atoms with E-state index in [-0.39, 0.29) is 29.9 Å². The molecule has 0 saturated carbocycles. The molecule has 206 valence electrons. The lowest BCUT2D eigenvalue weighted by Gasteiger charge is -2.37. The Balaban J connectivity index is 1.82. The van der Waals surface area contributed by atoms with Gasteiger partial charge in [-0.25, -0.2) is 4.79 Å². The second-order valence-electron chi connectivity index (χ2n) is 10.1. The number of Topliss-reactive ketones (excluding diaryl/α,β-unsaturated/α-hetero) is 1. The molecule has 1 aliphatic heterocycles. The SMILES string of the molecule is CC[C@@H](C)OC(=O)C1=C(C)NC2=C(C(=O)C[C@H](c3ccc(OC)c(OC)c3)C2)[C@H]1c1ccc(C)c([N+](=O)[O-])c1. The fraction of sp³-hybridized carbons (Fsp3) is 0.400. The number of aryl methyl sites for hydroxylation is 1. The van der Waals surface area contributed by atoms with Crippen LogP contribution in [0.5, 0.6) is 11.5 Å². The van der Waals surface area contributed by atoms with Gasteiger partial charge >= 0.3 is 5.97 Å². The standard InChI is InChI=1S/C30H34N2O7/c1-7-17(3)39-30(34)27-18(4)31-22-12-21(19-10-11-25(37-5)26(15-19)38-6)14-24(33)29(22)28(27)20-9-8-16(2)23(13-20)32(35)36/h8-11,13,15,17,21,28,31H,7,12,14H2,1-6H3/t17-,21-,28+/m1/s1. The highest BCUT2D eigenvalue weighted by atomic mass is 16.6. The molecule has 4 rings (SSSR count). The fourth-order valence-corrected chi connectivity index (χ4v) is 5.32. The molecule has 2 aromatic carbocycles. The van der Waals surface area contributed by atoms with Crippen LogP contribution in [-0.4, -0.2) is 37.0 Å². The largest absolute Gasteiger partial charge is 0.493 e. The van der Waals surface area contributed by atoms with Crippen LogP contribution in [0.15, 0.2) is 58.9 Å². The minimum Gasteiger partial charge on any atom is -0.493 e. The summed E-state index contributed by atoms with van der Waals surface area (Å²) in [5.41, 5.74) is 3.89. The van der Waals surface area contributed by atoms with Crippen LogP contribution in [0.25, 0.3) is 0 Å². The van der Waals surface area contributed by atoms with Gasteiger partial charge in [0, 0.05) is 40.9 Å². The number of methoxy groups -OCH3 is 2. The molecule has 3 atom stereocenters. The third kappa shape index (κ3) is 5.39. The van der Waals surface area contributed by atoms with Crippen molar-refractivity contribution >= 4 is 17.4 Å². The van der Waals surface area contributed by atoms with Crippen LogP contribution in [0.4, 0.5) is 5.69 Å². The number of carbonyl (C=O) groups is 2. The average Bonchev–Trinajstić information content (AvgIpc) is 2.91. The summed E-state index contributed by atoms with van der Waals surface area (Å²) >= 11 is 0. The van der Waals surface area contributed by atoms with Crippen LogP contribution < -0.4 is 14.8 Å². The Hall–Kier alpha value is -4.14. The number of hydrogen-bond acceptors (Lipinski definition) is 8. The monoisotopic (exact) mass is 534 g/mol. The third-order valence-corrected chi connectivity index (χ3v) is 7.57. The van der Waals surface area contributed by atoms with E-state index in [2.05, 4.69) is 5.32 Å². The molecule has 0 unspecified atom stereocenters. The molecular weight excluding hydrogens is 500 g/mol. The Bertz CT molecular complexity index is 1390. The Morgan fingerprint density at radius 3 is 2.41 bits per heavy atom. The molecule has 0 radical (unpaired) electrons. The molecule has 1 N–H and O–H groups in total. The van der Waals surface area contributed by atoms with Crippen molar-refractivity contribution in [3.8, 4) is 11.5 Å². The summed E-state index contributed by atoms with van der Waals surface area (Å²) in [5.74, 6) is -0.394. The van der Waals surface area contributed by atoms with E-state index in [0.717, 1.165) is 5.56 Å². The van der Waals surface area contributed by atoms with Gasteiger partial charge in [0.25, 0.3) is 5.69 Å². The Labute approximate surface area is 228 Å². The molecule has 1 heterocycles. The lowest BCUT2D eigenvalue weighted by atomic mass is 9.71. The first-order valence-corrected chi connectivity index (χ1v) is 13.0. The van der Waals surface area contributed by atoms with Crippen molar-refractivity contribution in [1.29, 1.82) is 0 Å². The Morgan fingerprint density at radius 1 is 1.08 bits per heavy atom. The van der Waals surface area contributed by atoms with Gasteiger partial charge in [0.05, 0.1) is 30.8 Å². The average molecular weight is 535 g/mol. The molecule has 2 aliphatic rings. The minimum atomic E-state index is -0.782. The zero-order chi connectivity index (χ0) is 28.4. The molecule has 0 saturated heterocycles. The number of allylic oxidation sites excluding steroid dienone is 3. The van der Waals surface area contributed by atoms with E-state index < -0.39 is 16.8 Å². The van der Waals surface area contributed by atoms with Gasteiger partial charge in [-0.3, -0.25) is 14.9 Å². The van der Waals surface area contributed by atoms with E-state index in [9.17, 15) is 19.7 Å². The summed E-state index contributed by atoms with van der Waals surface area (Å²) in [6.07, 6.45) is 1.04. The van der Waals surface area contributed by atoms with Crippen molar-refractivity contribution in [3.05, 3.63) is 85.7 Å². The molecular formula is C30H34N2O7. The van der Waals surface area contributed by atoms with Gasteiger partial charge < -0.3 is 19.5 Å². The van der Waals surface area contributed by atoms with Crippen molar-refractivity contribution in [2.75, 3.05) is 14.2 Å². The molecule has 0 amide bonds. The molecule has 1 aliphatic carbocycles. The zero-order valence-electron chi connectivity index (χ0n) is 23.1. The number of nitro benzene ring substituents is 1. The molecule has 2 aromatic rings. The lowest BCUT2D eigenvalue weighted by molar-refractivity contribution is -0.385. The van der Waals surface area contributed by atoms with Gasteiger partial charge in [-0.2, -0.15) is 0 Å². The summed E-state index contributed by atoms with van der Waals surface area (Å²) in [5, 5.41) is 15.1. The van der Waals surface area contributed by atoms with Crippen LogP contribution in [0, 0.1) is 17.0 Å². The van der Waals surface area contributed by atoms with Crippen molar-refractivity contribution < 1.29 is 28.7 Å². The van der Waals surface area contributed by atoms with Gasteiger partial charge in [0.2, 0.25) is 0 Å². The van der Waals surface area contributed by atoms with Crippen LogP contribution >= 0.6 is 0 Å². The molecule has 9 heteroatoms. The van der Waals surface area contributed by atoms with Gasteiger partial charge in [-0.05, 0) is 62.8 Å². The van der Waals surface area contributed by atoms with Crippen LogP contribution in [-0.2, 0) is 14.3 Å². The van der Waals surface area contributed by atoms with E-state index in [1.807, 2.05) is 25.1 Å². The predicted octanol–water partition coefficient (Wildman–Crippen LogP) is 5.62. The first-order chi connectivity index (χ1) is 18.6. The zero-order valence-corrected chi connectivity index (χ0v) is 23.1. The molecule has 0 fully saturated rings. The second kappa shape index (κ2) is 11.3. The van der Waals surface area contributed by atoms with Crippen LogP contribution in [0.1, 0.15) is 68.6 Å². The third-order valence-electron chi connectivity index (χ3n) is 7.57. The summed E-state index contributed by atoms with van der Waals surface area (Å²) in [4.78, 5) is 38.6. The van der Waals surface area contributed by atoms with E-state index in [0.29, 0.717) is 58.0 Å². The maximum absolute atomic E-state index is 13.9. The minimum absolute atomic E-state index is 0.0630. The Morgan fingerprint density at radius 2 is 1.77 bits per heavy atom. The number of nitrogens with zero attached hydrogens (tertiary/aromatic N) is 1. The number of ketones is 1. The number of carbonyl (C=O) groups excluding carboxylic acids is 2. The molecule has 0 bridgehead atoms. The predicted molar refractivity (Wildman–Crippen MR) is 146 cm³/mol. The molecule has 0 aromatic heterocycles. The van der Waals surface area contributed by atoms with Crippen LogP contribution in [0.3, 0.4) is 0 Å². The van der Waals surface area contributed by atoms with E-state index in [1.165, 1.54) is 6.07 Å². The first kappa shape index (κ1) is 27.9. The summed E-state index contributed by atoms with van der Waals surface area (Å²) in [6.45, 7) is 7.16. The van der Waals surface area contributed by atoms with Crippen LogP contribution in [0.2, 0.25) is 0 Å². The normalized spacial score (nSPS) is 19.7. The quantitative estimate of drug-likeness (QED) is 0.263. The second-order valence-corrected chi connectivity index (χ2v) is 10.1. The van der Waals surface area contributed by atoms with Crippen molar-refractivity contribution in [1.82, 2.24) is 5.32 Å². The summed E-state index contributed by atoms with van der Waals surface area (Å²) in [7, 11) is 3.13. The lowest BCUT2D eigenvalue weighted by Crippen LogP contribution is -2.36. The number of esters is 1. The number of rotatable bonds is 8. The topological polar surface area (TPSA) is 117 Å². The van der Waals surface area contributed by atoms with Crippen molar-refractivity contribution in [2.45, 2.75) is 64.9 Å². The number of nitro groups is 1. The first-order valence-electron chi connectivity index (χ1n) is 13.0. The molecule has 39 heavy (non-hydrogen) atoms. The van der Waals surface area contributed by atoms with Crippen molar-refractivity contribution in [2.24, 2.45) is 0 Å². The van der Waals surface area contributed by atoms with Gasteiger partial charge in [-0.1, -0.05) is 25.1 Å². The number of nitrogens with one attached hydrogen (secondary N) is 1. The number of ether oxygens (including phenoxy) is 3. The van der Waals surface area contributed by atoms with E-state index in [4.69, 9.17) is 14.2 Å². The fourth-order valence-electron chi connectivity index (χ4n) is 5.32. The maximum atomic E-state index is 13.9. The number of hydrogen-bond donors (Lipinski definition) is 1. The number of dihydropyridines is 1. The molecule has 9 nitrogen and oxygen atoms in total. The van der Waals surface area contributed by atoms with Gasteiger partial charge in [0.15, 0.2) is 17.3 Å². The summed E-state index contributed by atoms with van der Waals surface area (Å²) < 4.78 is 16.5. The smallest absolute Gasteiger partial charge is 0.337 e. The highest BCUT2D eigenvalue weighted by molar-refractivity contribution is 6.04.